The van der Waals surface area contributed by atoms with Gasteiger partial charge in [0.1, 0.15) is 10.7 Å². The molecular weight excluding hydrogens is 422 g/mol. The smallest absolute Gasteiger partial charge is 0.265 e. The number of rotatable bonds is 5. The fourth-order valence-corrected chi connectivity index (χ4v) is 4.17. The van der Waals surface area contributed by atoms with Gasteiger partial charge in [-0.25, -0.2) is 13.4 Å². The molecule has 0 saturated carbocycles. The average molecular weight is 435 g/mol. The van der Waals surface area contributed by atoms with Crippen molar-refractivity contribution in [2.24, 2.45) is 0 Å². The molecule has 0 fully saturated rings. The highest BCUT2D eigenvalue weighted by atomic mass is 79.9. The van der Waals surface area contributed by atoms with Gasteiger partial charge in [0.2, 0.25) is 0 Å². The summed E-state index contributed by atoms with van der Waals surface area (Å²) in [5, 5.41) is 2.94. The van der Waals surface area contributed by atoms with E-state index in [1.54, 1.807) is 30.5 Å². The Hall–Kier alpha value is -1.12. The molecule has 1 heterocycles. The van der Waals surface area contributed by atoms with Crippen LogP contribution in [-0.4, -0.2) is 19.9 Å². The van der Waals surface area contributed by atoms with Crippen LogP contribution < -0.4 is 10.0 Å². The molecule has 1 aromatic heterocycles. The molecule has 8 heteroatoms. The first-order valence-corrected chi connectivity index (χ1v) is 9.17. The summed E-state index contributed by atoms with van der Waals surface area (Å²) in [6, 6.07) is 8.31. The van der Waals surface area contributed by atoms with E-state index in [9.17, 15) is 8.42 Å². The Balaban J connectivity index is 2.39. The Morgan fingerprint density at radius 2 is 2.00 bits per heavy atom. The maximum Gasteiger partial charge on any atom is 0.265 e. The van der Waals surface area contributed by atoms with Gasteiger partial charge in [0, 0.05) is 21.7 Å². The standard InChI is InChI=1S/C13H13Br2N3O2S/c1-2-16-13-12(4-3-7-17-13)21(19,20)18-11-6-5-9(14)8-10(11)15/h3-8,18H,2H2,1H3,(H,16,17). The van der Waals surface area contributed by atoms with Crippen molar-refractivity contribution in [1.29, 1.82) is 0 Å². The van der Waals surface area contributed by atoms with Gasteiger partial charge in [0.25, 0.3) is 10.0 Å². The number of sulfonamides is 1. The van der Waals surface area contributed by atoms with Gasteiger partial charge < -0.3 is 5.32 Å². The number of aromatic nitrogens is 1. The summed E-state index contributed by atoms with van der Waals surface area (Å²) in [5.41, 5.74) is 0.463. The fourth-order valence-electron chi connectivity index (χ4n) is 1.68. The minimum Gasteiger partial charge on any atom is -0.369 e. The molecule has 0 aliphatic carbocycles. The second-order valence-corrected chi connectivity index (χ2v) is 7.53. The van der Waals surface area contributed by atoms with Crippen molar-refractivity contribution >= 4 is 53.4 Å². The topological polar surface area (TPSA) is 71.1 Å². The van der Waals surface area contributed by atoms with Gasteiger partial charge in [-0.3, -0.25) is 4.72 Å². The summed E-state index contributed by atoms with van der Waals surface area (Å²) in [5.74, 6) is 0.334. The Kier molecular flexibility index (Phi) is 5.23. The van der Waals surface area contributed by atoms with Crippen LogP contribution in [0.4, 0.5) is 11.5 Å². The molecule has 0 atom stereocenters. The number of nitrogens with one attached hydrogen (secondary N) is 2. The normalized spacial score (nSPS) is 11.2. The first kappa shape index (κ1) is 16.3. The lowest BCUT2D eigenvalue weighted by atomic mass is 10.3. The van der Waals surface area contributed by atoms with Crippen LogP contribution in [-0.2, 0) is 10.0 Å². The number of anilines is 2. The summed E-state index contributed by atoms with van der Waals surface area (Å²) in [6.07, 6.45) is 1.55. The Morgan fingerprint density at radius 3 is 2.67 bits per heavy atom. The van der Waals surface area contributed by atoms with Gasteiger partial charge in [-0.2, -0.15) is 0 Å². The predicted molar refractivity (Wildman–Crippen MR) is 91.1 cm³/mol. The molecule has 0 saturated heterocycles. The van der Waals surface area contributed by atoms with Crippen molar-refractivity contribution in [2.45, 2.75) is 11.8 Å². The lowest BCUT2D eigenvalue weighted by Crippen LogP contribution is -2.16. The fraction of sp³-hybridized carbons (Fsp3) is 0.154. The highest BCUT2D eigenvalue weighted by Gasteiger charge is 2.20. The number of pyridine rings is 1. The highest BCUT2D eigenvalue weighted by molar-refractivity contribution is 9.11. The molecule has 0 aliphatic heterocycles. The van der Waals surface area contributed by atoms with E-state index >= 15 is 0 Å². The van der Waals surface area contributed by atoms with Crippen LogP contribution in [0, 0.1) is 0 Å². The number of halogens is 2. The van der Waals surface area contributed by atoms with Crippen molar-refractivity contribution in [3.8, 4) is 0 Å². The van der Waals surface area contributed by atoms with Gasteiger partial charge in [0.15, 0.2) is 0 Å². The first-order valence-electron chi connectivity index (χ1n) is 6.11. The van der Waals surface area contributed by atoms with Crippen molar-refractivity contribution in [2.75, 3.05) is 16.6 Å². The zero-order valence-corrected chi connectivity index (χ0v) is 15.1. The zero-order chi connectivity index (χ0) is 15.5. The molecule has 21 heavy (non-hydrogen) atoms. The largest absolute Gasteiger partial charge is 0.369 e. The lowest BCUT2D eigenvalue weighted by Gasteiger charge is -2.13. The maximum absolute atomic E-state index is 12.5. The van der Waals surface area contributed by atoms with Crippen LogP contribution in [0.3, 0.4) is 0 Å². The molecule has 112 valence electrons. The van der Waals surface area contributed by atoms with Gasteiger partial charge in [-0.05, 0) is 53.2 Å². The number of nitrogens with zero attached hydrogens (tertiary/aromatic N) is 1. The molecule has 2 N–H and O–H groups in total. The summed E-state index contributed by atoms with van der Waals surface area (Å²) >= 11 is 6.66. The molecule has 2 aromatic rings. The summed E-state index contributed by atoms with van der Waals surface area (Å²) in [6.45, 7) is 2.46. The second kappa shape index (κ2) is 6.76. The summed E-state index contributed by atoms with van der Waals surface area (Å²) in [4.78, 5) is 4.18. The number of hydrogen-bond donors (Lipinski definition) is 2. The van der Waals surface area contributed by atoms with E-state index in [1.807, 2.05) is 6.92 Å². The maximum atomic E-state index is 12.5. The Labute approximate surface area is 140 Å². The average Bonchev–Trinajstić information content (AvgIpc) is 2.43. The van der Waals surface area contributed by atoms with Crippen molar-refractivity contribution < 1.29 is 8.42 Å². The second-order valence-electron chi connectivity index (χ2n) is 4.11. The Morgan fingerprint density at radius 1 is 1.24 bits per heavy atom. The van der Waals surface area contributed by atoms with Crippen molar-refractivity contribution in [3.63, 3.8) is 0 Å². The monoisotopic (exact) mass is 433 g/mol. The predicted octanol–water partition coefficient (Wildman–Crippen LogP) is 3.84. The molecule has 5 nitrogen and oxygen atoms in total. The quantitative estimate of drug-likeness (QED) is 0.749. The highest BCUT2D eigenvalue weighted by Crippen LogP contribution is 2.29. The van der Waals surface area contributed by atoms with Crippen LogP contribution in [0.25, 0.3) is 0 Å². The Bertz CT molecular complexity index is 751. The molecule has 0 unspecified atom stereocenters. The van der Waals surface area contributed by atoms with Crippen LogP contribution >= 0.6 is 31.9 Å². The van der Waals surface area contributed by atoms with E-state index in [-0.39, 0.29) is 4.90 Å². The van der Waals surface area contributed by atoms with Crippen molar-refractivity contribution in [1.82, 2.24) is 4.98 Å². The molecule has 0 amide bonds. The number of benzene rings is 1. The van der Waals surface area contributed by atoms with Crippen LogP contribution in [0.2, 0.25) is 0 Å². The molecule has 0 radical (unpaired) electrons. The minimum atomic E-state index is -3.72. The third kappa shape index (κ3) is 3.96. The van der Waals surface area contributed by atoms with E-state index in [4.69, 9.17) is 0 Å². The van der Waals surface area contributed by atoms with Crippen LogP contribution in [0.15, 0.2) is 50.4 Å². The van der Waals surface area contributed by atoms with Crippen LogP contribution in [0.5, 0.6) is 0 Å². The molecule has 1 aromatic carbocycles. The minimum absolute atomic E-state index is 0.113. The third-order valence-corrected chi connectivity index (χ3v) is 5.13. The molecule has 0 spiro atoms. The summed E-state index contributed by atoms with van der Waals surface area (Å²) < 4.78 is 29.1. The van der Waals surface area contributed by atoms with Gasteiger partial charge in [0.05, 0.1) is 5.69 Å². The zero-order valence-electron chi connectivity index (χ0n) is 11.1. The first-order chi connectivity index (χ1) is 9.94. The van der Waals surface area contributed by atoms with E-state index in [1.165, 1.54) is 6.07 Å². The number of hydrogen-bond acceptors (Lipinski definition) is 4. The van der Waals surface area contributed by atoms with E-state index in [0.29, 0.717) is 22.5 Å². The molecular formula is C13H13Br2N3O2S. The lowest BCUT2D eigenvalue weighted by molar-refractivity contribution is 0.601. The van der Waals surface area contributed by atoms with Crippen molar-refractivity contribution in [3.05, 3.63) is 45.5 Å². The van der Waals surface area contributed by atoms with Gasteiger partial charge >= 0.3 is 0 Å². The van der Waals surface area contributed by atoms with E-state index in [0.717, 1.165) is 4.47 Å². The molecule has 0 aliphatic rings. The van der Waals surface area contributed by atoms with Crippen LogP contribution in [0.1, 0.15) is 6.92 Å². The molecule has 2 rings (SSSR count). The SMILES string of the molecule is CCNc1ncccc1S(=O)(=O)Nc1ccc(Br)cc1Br. The van der Waals surface area contributed by atoms with Gasteiger partial charge in [-0.1, -0.05) is 15.9 Å². The van der Waals surface area contributed by atoms with Gasteiger partial charge in [-0.15, -0.1) is 0 Å². The van der Waals surface area contributed by atoms with E-state index < -0.39 is 10.0 Å². The van der Waals surface area contributed by atoms with E-state index in [2.05, 4.69) is 46.9 Å². The molecule has 0 bridgehead atoms. The summed E-state index contributed by atoms with van der Waals surface area (Å²) in [7, 11) is -3.72. The third-order valence-electron chi connectivity index (χ3n) is 2.58.